The van der Waals surface area contributed by atoms with Crippen molar-refractivity contribution >= 4 is 16.5 Å². The van der Waals surface area contributed by atoms with Crippen LogP contribution in [0.5, 0.6) is 0 Å². The first kappa shape index (κ1) is 12.9. The maximum atomic E-state index is 12.4. The SMILES string of the molecule is Cc1occc1CN(C)c1ncc(C(F)(F)F)s1. The van der Waals surface area contributed by atoms with Gasteiger partial charge in [-0.15, -0.1) is 0 Å². The minimum absolute atomic E-state index is 0.336. The summed E-state index contributed by atoms with van der Waals surface area (Å²) >= 11 is 0.635. The van der Waals surface area contributed by atoms with Gasteiger partial charge in [-0.05, 0) is 13.0 Å². The van der Waals surface area contributed by atoms with Crippen LogP contribution in [0.1, 0.15) is 16.2 Å². The Bertz CT molecular complexity index is 532. The summed E-state index contributed by atoms with van der Waals surface area (Å²) in [7, 11) is 1.70. The number of nitrogens with zero attached hydrogens (tertiary/aromatic N) is 2. The van der Waals surface area contributed by atoms with Crippen LogP contribution in [-0.2, 0) is 12.7 Å². The first-order valence-corrected chi connectivity index (χ1v) is 5.96. The van der Waals surface area contributed by atoms with Crippen molar-refractivity contribution in [2.45, 2.75) is 19.6 Å². The van der Waals surface area contributed by atoms with Crippen LogP contribution in [0.25, 0.3) is 0 Å². The highest BCUT2D eigenvalue weighted by molar-refractivity contribution is 7.15. The molecular formula is C11H11F3N2OS. The van der Waals surface area contributed by atoms with Crippen LogP contribution in [0.2, 0.25) is 0 Å². The summed E-state index contributed by atoms with van der Waals surface area (Å²) in [6, 6.07) is 1.80. The summed E-state index contributed by atoms with van der Waals surface area (Å²) in [6.45, 7) is 2.28. The number of anilines is 1. The molecule has 0 aliphatic carbocycles. The fourth-order valence-corrected chi connectivity index (χ4v) is 2.21. The van der Waals surface area contributed by atoms with Gasteiger partial charge < -0.3 is 9.32 Å². The number of furan rings is 1. The molecule has 2 aromatic heterocycles. The molecule has 0 aromatic carbocycles. The van der Waals surface area contributed by atoms with Crippen LogP contribution in [0.15, 0.2) is 22.9 Å². The van der Waals surface area contributed by atoms with E-state index in [2.05, 4.69) is 4.98 Å². The quantitative estimate of drug-likeness (QED) is 0.856. The molecule has 0 amide bonds. The largest absolute Gasteiger partial charge is 0.469 e. The van der Waals surface area contributed by atoms with Crippen molar-refractivity contribution in [3.8, 4) is 0 Å². The maximum absolute atomic E-state index is 12.4. The zero-order valence-electron chi connectivity index (χ0n) is 9.78. The lowest BCUT2D eigenvalue weighted by Gasteiger charge is -2.14. The Hall–Kier alpha value is -1.50. The van der Waals surface area contributed by atoms with E-state index in [1.165, 1.54) is 0 Å². The number of hydrogen-bond acceptors (Lipinski definition) is 4. The Balaban J connectivity index is 2.12. The van der Waals surface area contributed by atoms with Gasteiger partial charge in [0.2, 0.25) is 0 Å². The molecule has 0 N–H and O–H groups in total. The third kappa shape index (κ3) is 2.66. The van der Waals surface area contributed by atoms with E-state index in [1.54, 1.807) is 24.3 Å². The van der Waals surface area contributed by atoms with Crippen LogP contribution >= 0.6 is 11.3 Å². The molecule has 0 bridgehead atoms. The molecule has 2 rings (SSSR count). The first-order chi connectivity index (χ1) is 8.38. The molecule has 98 valence electrons. The second kappa shape index (κ2) is 4.64. The van der Waals surface area contributed by atoms with E-state index in [0.29, 0.717) is 23.0 Å². The summed E-state index contributed by atoms with van der Waals surface area (Å²) in [6.07, 6.45) is -1.91. The van der Waals surface area contributed by atoms with E-state index < -0.39 is 11.1 Å². The zero-order valence-corrected chi connectivity index (χ0v) is 10.6. The van der Waals surface area contributed by atoms with Gasteiger partial charge in [0.1, 0.15) is 10.6 Å². The molecule has 3 nitrogen and oxygen atoms in total. The molecule has 0 spiro atoms. The lowest BCUT2D eigenvalue weighted by molar-refractivity contribution is -0.134. The molecule has 0 atom stereocenters. The van der Waals surface area contributed by atoms with Crippen molar-refractivity contribution in [2.75, 3.05) is 11.9 Å². The summed E-state index contributed by atoms with van der Waals surface area (Å²) in [5.74, 6) is 0.759. The van der Waals surface area contributed by atoms with E-state index in [-0.39, 0.29) is 0 Å². The minimum Gasteiger partial charge on any atom is -0.469 e. The molecule has 0 saturated carbocycles. The second-order valence-electron chi connectivity index (χ2n) is 3.86. The van der Waals surface area contributed by atoms with Crippen molar-refractivity contribution in [1.29, 1.82) is 0 Å². The number of halogens is 3. The standard InChI is InChI=1S/C11H11F3N2OS/c1-7-8(3-4-17-7)6-16(2)10-15-5-9(18-10)11(12,13)14/h3-5H,6H2,1-2H3. The average Bonchev–Trinajstić information content (AvgIpc) is 2.87. The van der Waals surface area contributed by atoms with Crippen molar-refractivity contribution in [1.82, 2.24) is 4.98 Å². The highest BCUT2D eigenvalue weighted by Gasteiger charge is 2.33. The Labute approximate surface area is 106 Å². The summed E-state index contributed by atoms with van der Waals surface area (Å²) in [4.78, 5) is 4.76. The average molecular weight is 276 g/mol. The number of thiazole rings is 1. The van der Waals surface area contributed by atoms with Crippen LogP contribution in [0.4, 0.5) is 18.3 Å². The van der Waals surface area contributed by atoms with E-state index >= 15 is 0 Å². The Morgan fingerprint density at radius 3 is 2.67 bits per heavy atom. The molecule has 2 aromatic rings. The van der Waals surface area contributed by atoms with Crippen molar-refractivity contribution < 1.29 is 17.6 Å². The van der Waals surface area contributed by atoms with Gasteiger partial charge in [0.25, 0.3) is 0 Å². The molecule has 0 radical (unpaired) electrons. The molecule has 0 saturated heterocycles. The van der Waals surface area contributed by atoms with Crippen LogP contribution in [0.3, 0.4) is 0 Å². The summed E-state index contributed by atoms with van der Waals surface area (Å²) < 4.78 is 42.5. The smallest absolute Gasteiger partial charge is 0.427 e. The molecule has 0 aliphatic rings. The topological polar surface area (TPSA) is 29.3 Å². The van der Waals surface area contributed by atoms with E-state index in [4.69, 9.17) is 4.42 Å². The lowest BCUT2D eigenvalue weighted by atomic mass is 10.2. The molecule has 7 heteroatoms. The summed E-state index contributed by atoms with van der Waals surface area (Å²) in [5.41, 5.74) is 0.932. The van der Waals surface area contributed by atoms with Gasteiger partial charge in [0.15, 0.2) is 5.13 Å². The lowest BCUT2D eigenvalue weighted by Crippen LogP contribution is -2.16. The van der Waals surface area contributed by atoms with Gasteiger partial charge in [-0.25, -0.2) is 4.98 Å². The summed E-state index contributed by atoms with van der Waals surface area (Å²) in [5, 5.41) is 0.336. The van der Waals surface area contributed by atoms with Gasteiger partial charge >= 0.3 is 6.18 Å². The number of aromatic nitrogens is 1. The van der Waals surface area contributed by atoms with Gasteiger partial charge in [0, 0.05) is 19.2 Å². The van der Waals surface area contributed by atoms with Crippen molar-refractivity contribution in [3.63, 3.8) is 0 Å². The second-order valence-corrected chi connectivity index (χ2v) is 4.87. The molecule has 0 unspecified atom stereocenters. The number of aryl methyl sites for hydroxylation is 1. The van der Waals surface area contributed by atoms with Gasteiger partial charge in [0.05, 0.1) is 12.5 Å². The Kier molecular flexibility index (Phi) is 3.34. The van der Waals surface area contributed by atoms with E-state index in [1.807, 2.05) is 6.92 Å². The number of alkyl halides is 3. The maximum Gasteiger partial charge on any atom is 0.427 e. The molecule has 18 heavy (non-hydrogen) atoms. The van der Waals surface area contributed by atoms with Crippen molar-refractivity contribution in [2.24, 2.45) is 0 Å². The van der Waals surface area contributed by atoms with Crippen LogP contribution in [0, 0.1) is 6.92 Å². The van der Waals surface area contributed by atoms with Gasteiger partial charge in [-0.2, -0.15) is 13.2 Å². The monoisotopic (exact) mass is 276 g/mol. The van der Waals surface area contributed by atoms with Gasteiger partial charge in [-0.3, -0.25) is 0 Å². The molecular weight excluding hydrogens is 265 g/mol. The fourth-order valence-electron chi connectivity index (χ4n) is 1.47. The molecule has 2 heterocycles. The Morgan fingerprint density at radius 2 is 2.17 bits per heavy atom. The molecule has 0 fully saturated rings. The number of rotatable bonds is 3. The highest BCUT2D eigenvalue weighted by atomic mass is 32.1. The first-order valence-electron chi connectivity index (χ1n) is 5.15. The zero-order chi connectivity index (χ0) is 13.3. The fraction of sp³-hybridized carbons (Fsp3) is 0.364. The normalized spacial score (nSPS) is 11.8. The van der Waals surface area contributed by atoms with Crippen molar-refractivity contribution in [3.05, 3.63) is 34.7 Å². The predicted molar refractivity (Wildman–Crippen MR) is 62.7 cm³/mol. The third-order valence-electron chi connectivity index (χ3n) is 2.47. The van der Waals surface area contributed by atoms with Crippen LogP contribution in [-0.4, -0.2) is 12.0 Å². The number of hydrogen-bond donors (Lipinski definition) is 0. The third-order valence-corrected chi connectivity index (χ3v) is 3.63. The predicted octanol–water partition coefficient (Wildman–Crippen LogP) is 3.70. The van der Waals surface area contributed by atoms with E-state index in [9.17, 15) is 13.2 Å². The van der Waals surface area contributed by atoms with Gasteiger partial charge in [-0.1, -0.05) is 11.3 Å². The van der Waals surface area contributed by atoms with E-state index in [0.717, 1.165) is 17.5 Å². The molecule has 0 aliphatic heterocycles. The minimum atomic E-state index is -4.33. The Morgan fingerprint density at radius 1 is 1.44 bits per heavy atom. The van der Waals surface area contributed by atoms with Crippen LogP contribution < -0.4 is 4.90 Å². The highest BCUT2D eigenvalue weighted by Crippen LogP contribution is 2.36.